The number of nitrogens with zero attached hydrogens (tertiary/aromatic N) is 1. The molecule has 2 fully saturated rings. The minimum Gasteiger partial charge on any atom is -0.494 e. The third-order valence-corrected chi connectivity index (χ3v) is 4.80. The number of aromatic nitrogens is 2. The Morgan fingerprint density at radius 3 is 2.50 bits per heavy atom. The molecule has 1 heterocycles. The number of methoxy groups -OCH3 is 1. The van der Waals surface area contributed by atoms with Crippen LogP contribution < -0.4 is 4.74 Å². The van der Waals surface area contributed by atoms with E-state index < -0.39 is 0 Å². The highest BCUT2D eigenvalue weighted by Crippen LogP contribution is 2.53. The lowest BCUT2D eigenvalue weighted by Gasteiger charge is -2.19. The minimum absolute atomic E-state index is 0.283. The van der Waals surface area contributed by atoms with Gasteiger partial charge in [-0.2, -0.15) is 0 Å². The van der Waals surface area contributed by atoms with Crippen LogP contribution in [0.25, 0.3) is 11.0 Å². The van der Waals surface area contributed by atoms with Crippen molar-refractivity contribution in [1.29, 1.82) is 0 Å². The summed E-state index contributed by atoms with van der Waals surface area (Å²) in [6, 6.07) is 3.73. The maximum Gasteiger partial charge on any atom is 0.178 e. The van der Waals surface area contributed by atoms with Gasteiger partial charge in [-0.15, -0.1) is 0 Å². The maximum atomic E-state index is 13.8. The highest BCUT2D eigenvalue weighted by atomic mass is 32.1. The summed E-state index contributed by atoms with van der Waals surface area (Å²) in [7, 11) is 1.50. The van der Waals surface area contributed by atoms with Gasteiger partial charge >= 0.3 is 0 Å². The number of imidazole rings is 1. The number of nitrogens with one attached hydrogen (secondary N) is 1. The first-order chi connectivity index (χ1) is 9.69. The van der Waals surface area contributed by atoms with Crippen LogP contribution in [0.15, 0.2) is 12.1 Å². The van der Waals surface area contributed by atoms with E-state index in [1.165, 1.54) is 38.9 Å². The molecular formula is C15H17FN2OS. The Morgan fingerprint density at radius 2 is 1.95 bits per heavy atom. The number of hydrogen-bond donors (Lipinski definition) is 1. The fourth-order valence-corrected chi connectivity index (χ4v) is 3.59. The summed E-state index contributed by atoms with van der Waals surface area (Å²) in [5.41, 5.74) is 1.73. The van der Waals surface area contributed by atoms with Crippen LogP contribution in [0.4, 0.5) is 4.39 Å². The Balaban J connectivity index is 1.93. The lowest BCUT2D eigenvalue weighted by Crippen LogP contribution is -2.13. The molecule has 1 N–H and O–H groups in total. The molecule has 0 radical (unpaired) electrons. The molecule has 2 aliphatic carbocycles. The van der Waals surface area contributed by atoms with Crippen LogP contribution >= 0.6 is 12.2 Å². The first-order valence-electron chi connectivity index (χ1n) is 7.17. The molecule has 0 amide bonds. The monoisotopic (exact) mass is 292 g/mol. The zero-order chi connectivity index (χ0) is 13.9. The van der Waals surface area contributed by atoms with Crippen LogP contribution in [0.3, 0.4) is 0 Å². The molecule has 1 aromatic heterocycles. The summed E-state index contributed by atoms with van der Waals surface area (Å²) in [6.45, 7) is 0. The van der Waals surface area contributed by atoms with Crippen LogP contribution in [0.2, 0.25) is 0 Å². The van der Waals surface area contributed by atoms with Gasteiger partial charge < -0.3 is 14.3 Å². The van der Waals surface area contributed by atoms with E-state index in [4.69, 9.17) is 17.0 Å². The SMILES string of the molecule is COc1cc2c(cc1F)[nH]c(=S)n2C(C1CC1)C1CC1. The van der Waals surface area contributed by atoms with Gasteiger partial charge in [-0.3, -0.25) is 0 Å². The Morgan fingerprint density at radius 1 is 1.30 bits per heavy atom. The van der Waals surface area contributed by atoms with Crippen molar-refractivity contribution in [2.75, 3.05) is 7.11 Å². The van der Waals surface area contributed by atoms with Gasteiger partial charge in [0.05, 0.1) is 18.1 Å². The van der Waals surface area contributed by atoms with Crippen molar-refractivity contribution in [3.63, 3.8) is 0 Å². The molecule has 0 saturated heterocycles. The number of hydrogen-bond acceptors (Lipinski definition) is 2. The van der Waals surface area contributed by atoms with E-state index in [-0.39, 0.29) is 11.6 Å². The first kappa shape index (κ1) is 12.4. The molecule has 5 heteroatoms. The number of H-pyrrole nitrogens is 1. The summed E-state index contributed by atoms with van der Waals surface area (Å²) in [6.07, 6.45) is 5.14. The van der Waals surface area contributed by atoms with E-state index in [0.29, 0.717) is 10.8 Å². The molecule has 106 valence electrons. The highest BCUT2D eigenvalue weighted by molar-refractivity contribution is 7.71. The zero-order valence-electron chi connectivity index (χ0n) is 11.4. The fraction of sp³-hybridized carbons (Fsp3) is 0.533. The predicted octanol–water partition coefficient (Wildman–Crippen LogP) is 4.21. The van der Waals surface area contributed by atoms with Gasteiger partial charge in [-0.05, 0) is 49.7 Å². The fourth-order valence-electron chi connectivity index (χ4n) is 3.26. The van der Waals surface area contributed by atoms with Gasteiger partial charge in [0.25, 0.3) is 0 Å². The maximum absolute atomic E-state index is 13.8. The predicted molar refractivity (Wildman–Crippen MR) is 78.1 cm³/mol. The van der Waals surface area contributed by atoms with Crippen molar-refractivity contribution in [2.24, 2.45) is 11.8 Å². The lowest BCUT2D eigenvalue weighted by atomic mass is 10.1. The third kappa shape index (κ3) is 1.87. The number of aromatic amines is 1. The van der Waals surface area contributed by atoms with Crippen molar-refractivity contribution in [2.45, 2.75) is 31.7 Å². The van der Waals surface area contributed by atoms with E-state index in [1.54, 1.807) is 6.07 Å². The molecule has 0 unspecified atom stereocenters. The average molecular weight is 292 g/mol. The molecule has 20 heavy (non-hydrogen) atoms. The number of fused-ring (bicyclic) bond motifs is 1. The lowest BCUT2D eigenvalue weighted by molar-refractivity contribution is 0.384. The minimum atomic E-state index is -0.349. The highest BCUT2D eigenvalue weighted by Gasteiger charge is 2.43. The van der Waals surface area contributed by atoms with Gasteiger partial charge in [-0.25, -0.2) is 4.39 Å². The van der Waals surface area contributed by atoms with E-state index in [9.17, 15) is 4.39 Å². The van der Waals surface area contributed by atoms with Gasteiger partial charge in [-0.1, -0.05) is 0 Å². The molecule has 0 atom stereocenters. The normalized spacial score (nSPS) is 18.9. The Bertz CT molecular complexity index is 715. The van der Waals surface area contributed by atoms with Crippen molar-refractivity contribution in [3.05, 3.63) is 22.7 Å². The van der Waals surface area contributed by atoms with E-state index in [1.807, 2.05) is 0 Å². The second kappa shape index (κ2) is 4.32. The van der Waals surface area contributed by atoms with Gasteiger partial charge in [0, 0.05) is 18.2 Å². The number of rotatable bonds is 4. The largest absolute Gasteiger partial charge is 0.494 e. The second-order valence-electron chi connectivity index (χ2n) is 5.97. The van der Waals surface area contributed by atoms with Gasteiger partial charge in [0.1, 0.15) is 0 Å². The molecule has 4 rings (SSSR count). The zero-order valence-corrected chi connectivity index (χ0v) is 12.2. The molecule has 0 bridgehead atoms. The van der Waals surface area contributed by atoms with Gasteiger partial charge in [0.2, 0.25) is 0 Å². The molecule has 2 aromatic rings. The Hall–Kier alpha value is -1.36. The number of ether oxygens (including phenoxy) is 1. The van der Waals surface area contributed by atoms with Crippen LogP contribution in [0, 0.1) is 22.4 Å². The van der Waals surface area contributed by atoms with Crippen LogP contribution in [0.5, 0.6) is 5.75 Å². The third-order valence-electron chi connectivity index (χ3n) is 4.50. The summed E-state index contributed by atoms with van der Waals surface area (Å²) in [4.78, 5) is 3.15. The molecule has 2 aliphatic rings. The van der Waals surface area contributed by atoms with E-state index in [2.05, 4.69) is 9.55 Å². The Kier molecular flexibility index (Phi) is 2.67. The summed E-state index contributed by atoms with van der Waals surface area (Å²) >= 11 is 5.49. The Labute approximate surface area is 121 Å². The van der Waals surface area contributed by atoms with Crippen molar-refractivity contribution < 1.29 is 9.13 Å². The van der Waals surface area contributed by atoms with E-state index in [0.717, 1.165) is 22.9 Å². The smallest absolute Gasteiger partial charge is 0.178 e. The molecule has 3 nitrogen and oxygen atoms in total. The first-order valence-corrected chi connectivity index (χ1v) is 7.57. The quantitative estimate of drug-likeness (QED) is 0.856. The molecule has 2 saturated carbocycles. The molecule has 0 aliphatic heterocycles. The summed E-state index contributed by atoms with van der Waals surface area (Å²) in [5, 5.41) is 0. The van der Waals surface area contributed by atoms with Crippen molar-refractivity contribution >= 4 is 23.3 Å². The number of benzene rings is 1. The van der Waals surface area contributed by atoms with Crippen LogP contribution in [-0.4, -0.2) is 16.7 Å². The van der Waals surface area contributed by atoms with Crippen LogP contribution in [-0.2, 0) is 0 Å². The molecule has 0 spiro atoms. The topological polar surface area (TPSA) is 29.9 Å². The number of halogens is 1. The van der Waals surface area contributed by atoms with E-state index >= 15 is 0 Å². The molecule has 1 aromatic carbocycles. The standard InChI is InChI=1S/C15H17FN2OS/c1-19-13-7-12-11(6-10(13)16)17-15(20)18(12)14(8-2-3-8)9-4-5-9/h6-9,14H,2-5H2,1H3,(H,17,20). The summed E-state index contributed by atoms with van der Waals surface area (Å²) in [5.74, 6) is 1.41. The van der Waals surface area contributed by atoms with Gasteiger partial charge in [0.15, 0.2) is 16.3 Å². The molecular weight excluding hydrogens is 275 g/mol. The summed E-state index contributed by atoms with van der Waals surface area (Å²) < 4.78 is 21.8. The average Bonchev–Trinajstić information content (AvgIpc) is 3.30. The second-order valence-corrected chi connectivity index (χ2v) is 6.36. The van der Waals surface area contributed by atoms with Crippen LogP contribution in [0.1, 0.15) is 31.7 Å². The van der Waals surface area contributed by atoms with Crippen molar-refractivity contribution in [1.82, 2.24) is 9.55 Å². The van der Waals surface area contributed by atoms with Crippen molar-refractivity contribution in [3.8, 4) is 5.75 Å².